The Morgan fingerprint density at radius 3 is 2.24 bits per heavy atom. The van der Waals surface area contributed by atoms with Crippen molar-refractivity contribution >= 4 is 17.6 Å². The van der Waals surface area contributed by atoms with E-state index < -0.39 is 5.97 Å². The van der Waals surface area contributed by atoms with Gasteiger partial charge in [-0.1, -0.05) is 41.5 Å². The maximum Gasteiger partial charge on any atom is 0.337 e. The molecule has 0 aliphatic carbocycles. The predicted molar refractivity (Wildman–Crippen MR) is 81.7 cm³/mol. The summed E-state index contributed by atoms with van der Waals surface area (Å²) in [6.45, 7) is 3.79. The number of benzene rings is 2. The highest BCUT2D eigenvalue weighted by atomic mass is 16.4. The smallest absolute Gasteiger partial charge is 0.337 e. The van der Waals surface area contributed by atoms with Crippen molar-refractivity contribution in [3.8, 4) is 0 Å². The molecule has 0 unspecified atom stereocenters. The van der Waals surface area contributed by atoms with Crippen molar-refractivity contribution < 1.29 is 14.7 Å². The van der Waals surface area contributed by atoms with Gasteiger partial charge in [0, 0.05) is 0 Å². The van der Waals surface area contributed by atoms with Crippen molar-refractivity contribution in [1.29, 1.82) is 0 Å². The van der Waals surface area contributed by atoms with E-state index in [1.54, 1.807) is 18.2 Å². The Labute approximate surface area is 123 Å². The number of carboxylic acids is 1. The Morgan fingerprint density at radius 1 is 1.00 bits per heavy atom. The molecule has 0 radical (unpaired) electrons. The fraction of sp³-hybridized carbons (Fsp3) is 0.176. The Balaban J connectivity index is 2.12. The van der Waals surface area contributed by atoms with Crippen LogP contribution in [0.1, 0.15) is 27.0 Å². The summed E-state index contributed by atoms with van der Waals surface area (Å²) >= 11 is 0. The lowest BCUT2D eigenvalue weighted by Gasteiger charge is -2.09. The molecule has 2 rings (SSSR count). The van der Waals surface area contributed by atoms with E-state index in [-0.39, 0.29) is 17.9 Å². The molecule has 0 saturated carbocycles. The summed E-state index contributed by atoms with van der Waals surface area (Å²) < 4.78 is 0. The first-order valence-electron chi connectivity index (χ1n) is 6.65. The van der Waals surface area contributed by atoms with E-state index >= 15 is 0 Å². The van der Waals surface area contributed by atoms with Gasteiger partial charge in [0.25, 0.3) is 0 Å². The maximum atomic E-state index is 12.0. The molecule has 0 atom stereocenters. The zero-order valence-electron chi connectivity index (χ0n) is 12.0. The molecule has 4 heteroatoms. The highest BCUT2D eigenvalue weighted by Crippen LogP contribution is 2.18. The summed E-state index contributed by atoms with van der Waals surface area (Å²) in [5.74, 6) is -1.28. The summed E-state index contributed by atoms with van der Waals surface area (Å²) in [6.07, 6.45) is 0.215. The van der Waals surface area contributed by atoms with Crippen LogP contribution >= 0.6 is 0 Å². The standard InChI is InChI=1S/C17H17NO3/c1-11-3-6-13(7-4-11)10-16(19)18-15-8-5-12(2)9-14(15)17(20)21/h3-9H,10H2,1-2H3,(H,18,19)(H,20,21). The van der Waals surface area contributed by atoms with Crippen molar-refractivity contribution in [2.24, 2.45) is 0 Å². The molecule has 108 valence electrons. The SMILES string of the molecule is Cc1ccc(CC(=O)Nc2ccc(C)cc2C(=O)O)cc1. The van der Waals surface area contributed by atoms with E-state index in [9.17, 15) is 14.7 Å². The van der Waals surface area contributed by atoms with Gasteiger partial charge < -0.3 is 10.4 Å². The van der Waals surface area contributed by atoms with Gasteiger partial charge in [0.2, 0.25) is 5.91 Å². The quantitative estimate of drug-likeness (QED) is 0.905. The van der Waals surface area contributed by atoms with Crippen LogP contribution in [0.5, 0.6) is 0 Å². The Bertz CT molecular complexity index is 675. The van der Waals surface area contributed by atoms with Gasteiger partial charge in [-0.25, -0.2) is 4.79 Å². The number of carbonyl (C=O) groups excluding carboxylic acids is 1. The number of nitrogens with one attached hydrogen (secondary N) is 1. The number of hydrogen-bond donors (Lipinski definition) is 2. The Kier molecular flexibility index (Phi) is 4.38. The summed E-state index contributed by atoms with van der Waals surface area (Å²) in [6, 6.07) is 12.6. The highest BCUT2D eigenvalue weighted by molar-refractivity contribution is 6.01. The van der Waals surface area contributed by atoms with Crippen LogP contribution in [0.4, 0.5) is 5.69 Å². The monoisotopic (exact) mass is 283 g/mol. The summed E-state index contributed by atoms with van der Waals surface area (Å²) in [4.78, 5) is 23.2. The zero-order chi connectivity index (χ0) is 15.4. The molecule has 4 nitrogen and oxygen atoms in total. The molecule has 0 aliphatic rings. The van der Waals surface area contributed by atoms with Crippen LogP contribution in [0, 0.1) is 13.8 Å². The van der Waals surface area contributed by atoms with Gasteiger partial charge in [0.1, 0.15) is 0 Å². The topological polar surface area (TPSA) is 66.4 Å². The van der Waals surface area contributed by atoms with Crippen molar-refractivity contribution in [2.45, 2.75) is 20.3 Å². The second kappa shape index (κ2) is 6.22. The number of rotatable bonds is 4. The van der Waals surface area contributed by atoms with Crippen molar-refractivity contribution in [3.05, 3.63) is 64.7 Å². The minimum absolute atomic E-state index is 0.104. The fourth-order valence-corrected chi connectivity index (χ4v) is 2.03. The molecule has 0 fully saturated rings. The third-order valence-corrected chi connectivity index (χ3v) is 3.16. The van der Waals surface area contributed by atoms with E-state index in [1.165, 1.54) is 0 Å². The summed E-state index contributed by atoms with van der Waals surface area (Å²) in [7, 11) is 0. The first kappa shape index (κ1) is 14.8. The Hall–Kier alpha value is -2.62. The number of aromatic carboxylic acids is 1. The average molecular weight is 283 g/mol. The van der Waals surface area contributed by atoms with Gasteiger partial charge in [0.15, 0.2) is 0 Å². The molecule has 2 N–H and O–H groups in total. The zero-order valence-corrected chi connectivity index (χ0v) is 12.0. The summed E-state index contributed by atoms with van der Waals surface area (Å²) in [5, 5.41) is 11.8. The summed E-state index contributed by atoms with van der Waals surface area (Å²) in [5.41, 5.74) is 3.29. The van der Waals surface area contributed by atoms with Crippen molar-refractivity contribution in [2.75, 3.05) is 5.32 Å². The van der Waals surface area contributed by atoms with Crippen LogP contribution in [-0.2, 0) is 11.2 Å². The maximum absolute atomic E-state index is 12.0. The lowest BCUT2D eigenvalue weighted by molar-refractivity contribution is -0.115. The van der Waals surface area contributed by atoms with Crippen LogP contribution in [0.15, 0.2) is 42.5 Å². The van der Waals surface area contributed by atoms with E-state index in [1.807, 2.05) is 38.1 Å². The number of hydrogen-bond acceptors (Lipinski definition) is 2. The third-order valence-electron chi connectivity index (χ3n) is 3.16. The van der Waals surface area contributed by atoms with Crippen molar-refractivity contribution in [1.82, 2.24) is 0 Å². The molecule has 1 amide bonds. The number of carboxylic acid groups (broad SMARTS) is 1. The molecular weight excluding hydrogens is 266 g/mol. The van der Waals surface area contributed by atoms with Crippen LogP contribution in [0.3, 0.4) is 0 Å². The van der Waals surface area contributed by atoms with Gasteiger partial charge in [-0.2, -0.15) is 0 Å². The van der Waals surface area contributed by atoms with Gasteiger partial charge >= 0.3 is 5.97 Å². The minimum Gasteiger partial charge on any atom is -0.478 e. The van der Waals surface area contributed by atoms with Gasteiger partial charge in [0.05, 0.1) is 17.7 Å². The molecule has 0 bridgehead atoms. The Morgan fingerprint density at radius 2 is 1.62 bits per heavy atom. The van der Waals surface area contributed by atoms with Gasteiger partial charge in [-0.3, -0.25) is 4.79 Å². The third kappa shape index (κ3) is 3.92. The first-order valence-corrected chi connectivity index (χ1v) is 6.65. The molecule has 21 heavy (non-hydrogen) atoms. The van der Waals surface area contributed by atoms with Crippen LogP contribution < -0.4 is 5.32 Å². The van der Waals surface area contributed by atoms with Crippen molar-refractivity contribution in [3.63, 3.8) is 0 Å². The number of aryl methyl sites for hydroxylation is 2. The normalized spacial score (nSPS) is 10.2. The number of carbonyl (C=O) groups is 2. The van der Waals surface area contributed by atoms with Gasteiger partial charge in [-0.05, 0) is 31.5 Å². The molecule has 0 aromatic heterocycles. The molecular formula is C17H17NO3. The van der Waals surface area contributed by atoms with E-state index in [0.29, 0.717) is 5.69 Å². The van der Waals surface area contributed by atoms with Crippen LogP contribution in [0.25, 0.3) is 0 Å². The van der Waals surface area contributed by atoms with E-state index in [0.717, 1.165) is 16.7 Å². The predicted octanol–water partition coefficient (Wildman–Crippen LogP) is 3.18. The highest BCUT2D eigenvalue weighted by Gasteiger charge is 2.13. The van der Waals surface area contributed by atoms with Gasteiger partial charge in [-0.15, -0.1) is 0 Å². The molecule has 0 saturated heterocycles. The molecule has 0 heterocycles. The first-order chi connectivity index (χ1) is 9.95. The fourth-order valence-electron chi connectivity index (χ4n) is 2.03. The molecule has 2 aromatic carbocycles. The minimum atomic E-state index is -1.05. The molecule has 0 aliphatic heterocycles. The number of anilines is 1. The lowest BCUT2D eigenvalue weighted by Crippen LogP contribution is -2.16. The second-order valence-corrected chi connectivity index (χ2v) is 5.06. The van der Waals surface area contributed by atoms with Crippen LogP contribution in [0.2, 0.25) is 0 Å². The lowest BCUT2D eigenvalue weighted by atomic mass is 10.1. The van der Waals surface area contributed by atoms with Crippen LogP contribution in [-0.4, -0.2) is 17.0 Å². The van der Waals surface area contributed by atoms with E-state index in [4.69, 9.17) is 0 Å². The second-order valence-electron chi connectivity index (χ2n) is 5.06. The number of amides is 1. The van der Waals surface area contributed by atoms with E-state index in [2.05, 4.69) is 5.32 Å². The largest absolute Gasteiger partial charge is 0.478 e. The average Bonchev–Trinajstić information content (AvgIpc) is 2.43. The molecule has 2 aromatic rings. The molecule has 0 spiro atoms.